The van der Waals surface area contributed by atoms with Gasteiger partial charge in [0.25, 0.3) is 0 Å². The Hall–Kier alpha value is 1.40. The Labute approximate surface area is 85.2 Å². The fraction of sp³-hybridized carbons (Fsp3) is 1.00. The van der Waals surface area contributed by atoms with E-state index < -0.39 is 0 Å². The SMILES string of the molecule is CCC(S)(S)CC(S)CS. The second-order valence-corrected chi connectivity index (χ2v) is 5.54. The average molecular weight is 214 g/mol. The van der Waals surface area contributed by atoms with Gasteiger partial charge in [0, 0.05) is 11.0 Å². The van der Waals surface area contributed by atoms with Crippen molar-refractivity contribution in [1.82, 2.24) is 0 Å². The van der Waals surface area contributed by atoms with E-state index >= 15 is 0 Å². The van der Waals surface area contributed by atoms with Crippen LogP contribution in [-0.4, -0.2) is 15.1 Å². The van der Waals surface area contributed by atoms with Crippen LogP contribution in [-0.2, 0) is 0 Å². The fourth-order valence-electron chi connectivity index (χ4n) is 0.586. The molecule has 0 saturated carbocycles. The molecule has 0 aliphatic heterocycles. The van der Waals surface area contributed by atoms with Crippen molar-refractivity contribution in [2.24, 2.45) is 0 Å². The highest BCUT2D eigenvalue weighted by molar-refractivity contribution is 8.00. The van der Waals surface area contributed by atoms with E-state index in [2.05, 4.69) is 57.4 Å². The number of thiol groups is 4. The van der Waals surface area contributed by atoms with Crippen molar-refractivity contribution in [3.63, 3.8) is 0 Å². The molecule has 0 amide bonds. The molecule has 0 bridgehead atoms. The predicted octanol–water partition coefficient (Wildman–Crippen LogP) is 2.57. The molecule has 0 aromatic carbocycles. The van der Waals surface area contributed by atoms with Crippen molar-refractivity contribution < 1.29 is 0 Å². The molecule has 0 N–H and O–H groups in total. The molecule has 10 heavy (non-hydrogen) atoms. The molecule has 0 radical (unpaired) electrons. The molecule has 1 unspecified atom stereocenters. The zero-order chi connectivity index (χ0) is 8.20. The molecule has 0 aromatic heterocycles. The summed E-state index contributed by atoms with van der Waals surface area (Å²) in [6, 6.07) is 0. The summed E-state index contributed by atoms with van der Waals surface area (Å²) in [4.78, 5) is 0. The molecule has 0 rings (SSSR count). The van der Waals surface area contributed by atoms with Gasteiger partial charge in [-0.1, -0.05) is 6.92 Å². The van der Waals surface area contributed by atoms with Crippen LogP contribution in [0.4, 0.5) is 0 Å². The van der Waals surface area contributed by atoms with Crippen LogP contribution in [0.1, 0.15) is 19.8 Å². The van der Waals surface area contributed by atoms with E-state index in [1.54, 1.807) is 0 Å². The van der Waals surface area contributed by atoms with Gasteiger partial charge in [-0.25, -0.2) is 0 Å². The van der Waals surface area contributed by atoms with Crippen molar-refractivity contribution in [2.45, 2.75) is 29.1 Å². The quantitative estimate of drug-likeness (QED) is 0.401. The van der Waals surface area contributed by atoms with E-state index in [-0.39, 0.29) is 4.08 Å². The fourth-order valence-corrected chi connectivity index (χ4v) is 1.76. The molecule has 0 heterocycles. The Morgan fingerprint density at radius 3 is 2.20 bits per heavy atom. The van der Waals surface area contributed by atoms with Crippen LogP contribution >= 0.6 is 50.5 Å². The monoisotopic (exact) mass is 214 g/mol. The van der Waals surface area contributed by atoms with Crippen LogP contribution in [0.3, 0.4) is 0 Å². The second-order valence-electron chi connectivity index (χ2n) is 2.38. The van der Waals surface area contributed by atoms with Crippen LogP contribution in [0.5, 0.6) is 0 Å². The maximum absolute atomic E-state index is 4.36. The molecule has 0 spiro atoms. The van der Waals surface area contributed by atoms with Crippen molar-refractivity contribution in [1.29, 1.82) is 0 Å². The minimum atomic E-state index is -0.171. The van der Waals surface area contributed by atoms with E-state index in [1.165, 1.54) is 0 Å². The maximum Gasteiger partial charge on any atom is 0.0560 e. The van der Waals surface area contributed by atoms with Crippen molar-refractivity contribution >= 4 is 50.5 Å². The molecule has 1 atom stereocenters. The van der Waals surface area contributed by atoms with Crippen molar-refractivity contribution in [3.8, 4) is 0 Å². The normalized spacial score (nSPS) is 15.3. The minimum absolute atomic E-state index is 0.171. The van der Waals surface area contributed by atoms with Gasteiger partial charge in [0.1, 0.15) is 0 Å². The van der Waals surface area contributed by atoms with Gasteiger partial charge in [0.05, 0.1) is 4.08 Å². The third kappa shape index (κ3) is 5.10. The molecule has 0 aromatic rings. The van der Waals surface area contributed by atoms with Gasteiger partial charge in [-0.2, -0.15) is 50.5 Å². The van der Waals surface area contributed by atoms with Crippen LogP contribution in [0.25, 0.3) is 0 Å². The molecule has 0 saturated heterocycles. The standard InChI is InChI=1S/C6H14S4/c1-2-6(9,10)3-5(8)4-7/h5,7-10H,2-4H2,1H3. The maximum atomic E-state index is 4.36. The molecule has 62 valence electrons. The first-order chi connectivity index (χ1) is 4.52. The second kappa shape index (κ2) is 5.12. The van der Waals surface area contributed by atoms with Gasteiger partial charge in [-0.05, 0) is 12.8 Å². The Kier molecular flexibility index (Phi) is 5.83. The molecule has 0 fully saturated rings. The summed E-state index contributed by atoms with van der Waals surface area (Å²) in [6.07, 6.45) is 1.84. The molecule has 0 aliphatic carbocycles. The van der Waals surface area contributed by atoms with Gasteiger partial charge >= 0.3 is 0 Å². The molecular weight excluding hydrogens is 200 g/mol. The first-order valence-electron chi connectivity index (χ1n) is 3.25. The third-order valence-corrected chi connectivity index (χ3v) is 3.43. The molecule has 0 nitrogen and oxygen atoms in total. The summed E-state index contributed by atoms with van der Waals surface area (Å²) in [5, 5.41) is 0.304. The number of hydrogen-bond donors (Lipinski definition) is 4. The molecular formula is C6H14S4. The van der Waals surface area contributed by atoms with Gasteiger partial charge in [0.15, 0.2) is 0 Å². The average Bonchev–Trinajstić information content (AvgIpc) is 1.87. The van der Waals surface area contributed by atoms with E-state index in [0.717, 1.165) is 18.6 Å². The van der Waals surface area contributed by atoms with Crippen LogP contribution in [0.2, 0.25) is 0 Å². The van der Waals surface area contributed by atoms with E-state index in [1.807, 2.05) is 0 Å². The Bertz CT molecular complexity index is 91.7. The Morgan fingerprint density at radius 2 is 1.90 bits per heavy atom. The highest BCUT2D eigenvalue weighted by Gasteiger charge is 2.20. The largest absolute Gasteiger partial charge is 0.178 e. The van der Waals surface area contributed by atoms with Crippen molar-refractivity contribution in [3.05, 3.63) is 0 Å². The highest BCUT2D eigenvalue weighted by atomic mass is 32.2. The lowest BCUT2D eigenvalue weighted by atomic mass is 10.2. The third-order valence-electron chi connectivity index (χ3n) is 1.34. The number of rotatable bonds is 4. The smallest absolute Gasteiger partial charge is 0.0560 e. The lowest BCUT2D eigenvalue weighted by Gasteiger charge is -2.22. The van der Waals surface area contributed by atoms with Gasteiger partial charge < -0.3 is 0 Å². The summed E-state index contributed by atoms with van der Waals surface area (Å²) >= 11 is 17.1. The topological polar surface area (TPSA) is 0 Å². The zero-order valence-corrected chi connectivity index (χ0v) is 9.57. The molecule has 0 aliphatic rings. The zero-order valence-electron chi connectivity index (χ0n) is 5.99. The number of hydrogen-bond acceptors (Lipinski definition) is 4. The summed E-state index contributed by atoms with van der Waals surface area (Å²) < 4.78 is -0.171. The van der Waals surface area contributed by atoms with Gasteiger partial charge in [0.2, 0.25) is 0 Å². The lowest BCUT2D eigenvalue weighted by Crippen LogP contribution is -2.18. The van der Waals surface area contributed by atoms with Crippen LogP contribution in [0.15, 0.2) is 0 Å². The van der Waals surface area contributed by atoms with Gasteiger partial charge in [-0.15, -0.1) is 0 Å². The van der Waals surface area contributed by atoms with Crippen molar-refractivity contribution in [2.75, 3.05) is 5.75 Å². The summed E-state index contributed by atoms with van der Waals surface area (Å²) in [5.74, 6) is 0.784. The lowest BCUT2D eigenvalue weighted by molar-refractivity contribution is 0.702. The Morgan fingerprint density at radius 1 is 1.40 bits per heavy atom. The van der Waals surface area contributed by atoms with E-state index in [0.29, 0.717) is 5.25 Å². The summed E-state index contributed by atoms with van der Waals surface area (Å²) in [6.45, 7) is 2.07. The summed E-state index contributed by atoms with van der Waals surface area (Å²) in [7, 11) is 0. The summed E-state index contributed by atoms with van der Waals surface area (Å²) in [5.41, 5.74) is 0. The van der Waals surface area contributed by atoms with Crippen LogP contribution < -0.4 is 0 Å². The molecule has 4 heteroatoms. The minimum Gasteiger partial charge on any atom is -0.178 e. The predicted molar refractivity (Wildman–Crippen MR) is 62.2 cm³/mol. The van der Waals surface area contributed by atoms with E-state index in [9.17, 15) is 0 Å². The highest BCUT2D eigenvalue weighted by Crippen LogP contribution is 2.30. The van der Waals surface area contributed by atoms with Crippen LogP contribution in [0, 0.1) is 0 Å². The van der Waals surface area contributed by atoms with E-state index in [4.69, 9.17) is 0 Å². The Balaban J connectivity index is 3.64. The van der Waals surface area contributed by atoms with Gasteiger partial charge in [-0.3, -0.25) is 0 Å². The first kappa shape index (κ1) is 11.4. The first-order valence-corrected chi connectivity index (χ1v) is 5.30.